The first kappa shape index (κ1) is 21.1. The SMILES string of the molecule is Cc1nc2ccc(CN(Cc3cccnc3CCc3ccc(C#N)cc3)C(=O)O)cc2[nH]1. The zero-order valence-electron chi connectivity index (χ0n) is 17.7. The molecule has 32 heavy (non-hydrogen) atoms. The highest BCUT2D eigenvalue weighted by Crippen LogP contribution is 2.18. The van der Waals surface area contributed by atoms with Gasteiger partial charge >= 0.3 is 6.09 Å². The van der Waals surface area contributed by atoms with Crippen LogP contribution in [0.15, 0.2) is 60.8 Å². The van der Waals surface area contributed by atoms with E-state index < -0.39 is 6.09 Å². The molecule has 7 heteroatoms. The molecular formula is C25H23N5O2. The van der Waals surface area contributed by atoms with Crippen molar-refractivity contribution in [2.75, 3.05) is 0 Å². The van der Waals surface area contributed by atoms with Crippen molar-refractivity contribution in [3.8, 4) is 6.07 Å². The number of rotatable bonds is 7. The Bertz CT molecular complexity index is 1290. The maximum Gasteiger partial charge on any atom is 0.407 e. The van der Waals surface area contributed by atoms with Gasteiger partial charge in [0.1, 0.15) is 5.82 Å². The quantitative estimate of drug-likeness (QED) is 0.450. The molecule has 160 valence electrons. The van der Waals surface area contributed by atoms with E-state index in [1.807, 2.05) is 49.4 Å². The number of fused-ring (bicyclic) bond motifs is 1. The smallest absolute Gasteiger partial charge is 0.407 e. The van der Waals surface area contributed by atoms with Crippen LogP contribution < -0.4 is 0 Å². The van der Waals surface area contributed by atoms with E-state index in [0.717, 1.165) is 45.7 Å². The minimum Gasteiger partial charge on any atom is -0.465 e. The van der Waals surface area contributed by atoms with Crippen LogP contribution in [0, 0.1) is 18.3 Å². The molecule has 4 aromatic rings. The van der Waals surface area contributed by atoms with Crippen molar-refractivity contribution in [1.29, 1.82) is 5.26 Å². The van der Waals surface area contributed by atoms with Gasteiger partial charge in [-0.3, -0.25) is 9.88 Å². The third-order valence-electron chi connectivity index (χ3n) is 5.39. The van der Waals surface area contributed by atoms with E-state index in [2.05, 4.69) is 21.0 Å². The van der Waals surface area contributed by atoms with Crippen LogP contribution in [0.5, 0.6) is 0 Å². The van der Waals surface area contributed by atoms with Gasteiger partial charge in [0, 0.05) is 18.4 Å². The number of nitrogens with zero attached hydrogens (tertiary/aromatic N) is 4. The predicted octanol–water partition coefficient (Wildman–Crippen LogP) is 4.60. The number of pyridine rings is 1. The summed E-state index contributed by atoms with van der Waals surface area (Å²) in [6, 6.07) is 19.1. The summed E-state index contributed by atoms with van der Waals surface area (Å²) >= 11 is 0. The number of aryl methyl sites for hydroxylation is 3. The molecule has 4 rings (SSSR count). The zero-order valence-corrected chi connectivity index (χ0v) is 17.7. The lowest BCUT2D eigenvalue weighted by atomic mass is 10.0. The number of hydrogen-bond acceptors (Lipinski definition) is 4. The van der Waals surface area contributed by atoms with Gasteiger partial charge in [0.2, 0.25) is 0 Å². The number of imidazole rings is 1. The minimum atomic E-state index is -0.979. The summed E-state index contributed by atoms with van der Waals surface area (Å²) in [5.41, 5.74) is 6.17. The van der Waals surface area contributed by atoms with Gasteiger partial charge in [0.15, 0.2) is 0 Å². The Morgan fingerprint density at radius 2 is 1.88 bits per heavy atom. The fraction of sp³-hybridized carbons (Fsp3) is 0.200. The van der Waals surface area contributed by atoms with E-state index in [-0.39, 0.29) is 13.1 Å². The molecule has 2 aromatic heterocycles. The Labute approximate surface area is 186 Å². The molecule has 0 fully saturated rings. The second-order valence-electron chi connectivity index (χ2n) is 7.73. The average molecular weight is 425 g/mol. The van der Waals surface area contributed by atoms with Gasteiger partial charge < -0.3 is 10.1 Å². The van der Waals surface area contributed by atoms with Crippen molar-refractivity contribution in [3.05, 3.63) is 94.6 Å². The molecule has 2 heterocycles. The van der Waals surface area contributed by atoms with Crippen LogP contribution in [0.25, 0.3) is 11.0 Å². The van der Waals surface area contributed by atoms with E-state index in [1.54, 1.807) is 18.3 Å². The molecule has 0 saturated heterocycles. The molecule has 0 radical (unpaired) electrons. The van der Waals surface area contributed by atoms with Crippen molar-refractivity contribution in [1.82, 2.24) is 19.9 Å². The first-order valence-electron chi connectivity index (χ1n) is 10.4. The summed E-state index contributed by atoms with van der Waals surface area (Å²) in [7, 11) is 0. The Morgan fingerprint density at radius 3 is 2.62 bits per heavy atom. The number of benzene rings is 2. The second kappa shape index (κ2) is 9.31. The summed E-state index contributed by atoms with van der Waals surface area (Å²) in [5.74, 6) is 0.828. The van der Waals surface area contributed by atoms with E-state index in [9.17, 15) is 9.90 Å². The summed E-state index contributed by atoms with van der Waals surface area (Å²) in [4.78, 5) is 25.5. The van der Waals surface area contributed by atoms with Gasteiger partial charge in [-0.25, -0.2) is 9.78 Å². The summed E-state index contributed by atoms with van der Waals surface area (Å²) in [5, 5.41) is 18.8. The topological polar surface area (TPSA) is 106 Å². The molecule has 1 amide bonds. The number of carbonyl (C=O) groups is 1. The molecule has 0 atom stereocenters. The summed E-state index contributed by atoms with van der Waals surface area (Å²) < 4.78 is 0. The normalized spacial score (nSPS) is 10.8. The third-order valence-corrected chi connectivity index (χ3v) is 5.39. The minimum absolute atomic E-state index is 0.256. The average Bonchev–Trinajstić information content (AvgIpc) is 3.17. The highest BCUT2D eigenvalue weighted by molar-refractivity contribution is 5.76. The monoisotopic (exact) mass is 425 g/mol. The Kier molecular flexibility index (Phi) is 6.13. The molecule has 0 spiro atoms. The van der Waals surface area contributed by atoms with Gasteiger partial charge in [-0.2, -0.15) is 5.26 Å². The number of amides is 1. The number of nitriles is 1. The summed E-state index contributed by atoms with van der Waals surface area (Å²) in [6.07, 6.45) is 2.21. The number of aromatic nitrogens is 3. The van der Waals surface area contributed by atoms with Crippen LogP contribution in [-0.4, -0.2) is 31.1 Å². The van der Waals surface area contributed by atoms with Crippen LogP contribution in [0.2, 0.25) is 0 Å². The Morgan fingerprint density at radius 1 is 1.09 bits per heavy atom. The molecule has 0 aliphatic rings. The lowest BCUT2D eigenvalue weighted by Gasteiger charge is -2.21. The number of nitrogens with one attached hydrogen (secondary N) is 1. The molecule has 0 unspecified atom stereocenters. The van der Waals surface area contributed by atoms with E-state index in [4.69, 9.17) is 5.26 Å². The molecule has 2 aromatic carbocycles. The van der Waals surface area contributed by atoms with Gasteiger partial charge in [-0.1, -0.05) is 24.3 Å². The molecule has 0 aliphatic heterocycles. The lowest BCUT2D eigenvalue weighted by molar-refractivity contribution is 0.139. The predicted molar refractivity (Wildman–Crippen MR) is 121 cm³/mol. The van der Waals surface area contributed by atoms with Crippen molar-refractivity contribution in [3.63, 3.8) is 0 Å². The number of aromatic amines is 1. The van der Waals surface area contributed by atoms with Crippen LogP contribution in [0.1, 0.15) is 33.8 Å². The fourth-order valence-electron chi connectivity index (χ4n) is 3.75. The first-order valence-corrected chi connectivity index (χ1v) is 10.4. The molecular weight excluding hydrogens is 402 g/mol. The van der Waals surface area contributed by atoms with Crippen molar-refractivity contribution in [2.45, 2.75) is 32.9 Å². The van der Waals surface area contributed by atoms with Crippen LogP contribution >= 0.6 is 0 Å². The fourth-order valence-corrected chi connectivity index (χ4v) is 3.75. The standard InChI is InChI=1S/C25H23N5O2/c1-17-28-23-11-9-20(13-24(23)29-17)15-30(25(31)32)16-21-3-2-12-27-22(21)10-8-18-4-6-19(14-26)7-5-18/h2-7,9,11-13H,8,10,15-16H2,1H3,(H,28,29)(H,31,32). The highest BCUT2D eigenvalue weighted by atomic mass is 16.4. The maximum atomic E-state index is 12.0. The molecule has 0 bridgehead atoms. The van der Waals surface area contributed by atoms with Crippen LogP contribution in [0.3, 0.4) is 0 Å². The third kappa shape index (κ3) is 4.93. The van der Waals surface area contributed by atoms with Crippen molar-refractivity contribution >= 4 is 17.1 Å². The molecule has 0 aliphatic carbocycles. The van der Waals surface area contributed by atoms with E-state index in [1.165, 1.54) is 4.90 Å². The molecule has 0 saturated carbocycles. The first-order chi connectivity index (χ1) is 15.5. The second-order valence-corrected chi connectivity index (χ2v) is 7.73. The number of hydrogen-bond donors (Lipinski definition) is 2. The van der Waals surface area contributed by atoms with Crippen molar-refractivity contribution < 1.29 is 9.90 Å². The zero-order chi connectivity index (χ0) is 22.5. The summed E-state index contributed by atoms with van der Waals surface area (Å²) in [6.45, 7) is 2.42. The van der Waals surface area contributed by atoms with E-state index in [0.29, 0.717) is 12.0 Å². The van der Waals surface area contributed by atoms with Gasteiger partial charge in [0.25, 0.3) is 0 Å². The Hall–Kier alpha value is -4.18. The van der Waals surface area contributed by atoms with Gasteiger partial charge in [-0.05, 0) is 66.8 Å². The van der Waals surface area contributed by atoms with Crippen LogP contribution in [0.4, 0.5) is 4.79 Å². The van der Waals surface area contributed by atoms with Gasteiger partial charge in [-0.15, -0.1) is 0 Å². The molecule has 7 nitrogen and oxygen atoms in total. The lowest BCUT2D eigenvalue weighted by Crippen LogP contribution is -2.29. The van der Waals surface area contributed by atoms with E-state index >= 15 is 0 Å². The number of H-pyrrole nitrogens is 1. The van der Waals surface area contributed by atoms with Gasteiger partial charge in [0.05, 0.1) is 29.2 Å². The maximum absolute atomic E-state index is 12.0. The molecule has 2 N–H and O–H groups in total. The van der Waals surface area contributed by atoms with Crippen molar-refractivity contribution in [2.24, 2.45) is 0 Å². The number of carboxylic acid groups (broad SMARTS) is 1. The Balaban J connectivity index is 1.48. The van der Waals surface area contributed by atoms with Crippen LogP contribution in [-0.2, 0) is 25.9 Å². The largest absolute Gasteiger partial charge is 0.465 e. The highest BCUT2D eigenvalue weighted by Gasteiger charge is 2.16.